The molecule has 0 aliphatic heterocycles. The molecule has 5 nitrogen and oxygen atoms in total. The standard InChI is InChI=1S/C16H16FN3O2/c17-12-3-1-2-11(6-12)14(21)7-15(22)20-13-8-18-16(19-9-13)10-4-5-10/h1-3,6,8-10,14,21H,4-5,7H2,(H,20,22). The van der Waals surface area contributed by atoms with Crippen LogP contribution in [-0.2, 0) is 4.79 Å². The summed E-state index contributed by atoms with van der Waals surface area (Å²) in [5.74, 6) is 0.443. The molecule has 3 rings (SSSR count). The van der Waals surface area contributed by atoms with E-state index in [1.165, 1.54) is 18.2 Å². The van der Waals surface area contributed by atoms with Gasteiger partial charge < -0.3 is 10.4 Å². The number of hydrogen-bond acceptors (Lipinski definition) is 4. The van der Waals surface area contributed by atoms with Crippen molar-refractivity contribution in [1.29, 1.82) is 0 Å². The minimum absolute atomic E-state index is 0.159. The monoisotopic (exact) mass is 301 g/mol. The van der Waals surface area contributed by atoms with E-state index in [1.54, 1.807) is 18.5 Å². The lowest BCUT2D eigenvalue weighted by Crippen LogP contribution is -2.16. The highest BCUT2D eigenvalue weighted by atomic mass is 19.1. The number of carbonyl (C=O) groups excluding carboxylic acids is 1. The first-order valence-electron chi connectivity index (χ1n) is 7.17. The van der Waals surface area contributed by atoms with Gasteiger partial charge in [-0.15, -0.1) is 0 Å². The van der Waals surface area contributed by atoms with Gasteiger partial charge in [0.15, 0.2) is 0 Å². The van der Waals surface area contributed by atoms with Crippen LogP contribution in [0.5, 0.6) is 0 Å². The van der Waals surface area contributed by atoms with Gasteiger partial charge in [0, 0.05) is 5.92 Å². The van der Waals surface area contributed by atoms with Gasteiger partial charge in [-0.3, -0.25) is 4.79 Å². The summed E-state index contributed by atoms with van der Waals surface area (Å²) in [4.78, 5) is 20.3. The number of aromatic nitrogens is 2. The molecule has 22 heavy (non-hydrogen) atoms. The summed E-state index contributed by atoms with van der Waals surface area (Å²) >= 11 is 0. The van der Waals surface area contributed by atoms with E-state index in [9.17, 15) is 14.3 Å². The van der Waals surface area contributed by atoms with Gasteiger partial charge in [-0.05, 0) is 30.5 Å². The van der Waals surface area contributed by atoms with Crippen LogP contribution in [0.2, 0.25) is 0 Å². The number of rotatable bonds is 5. The number of nitrogens with one attached hydrogen (secondary N) is 1. The Bertz CT molecular complexity index is 671. The van der Waals surface area contributed by atoms with Crippen molar-refractivity contribution in [2.45, 2.75) is 31.3 Å². The van der Waals surface area contributed by atoms with Gasteiger partial charge in [0.1, 0.15) is 11.6 Å². The Morgan fingerprint density at radius 1 is 1.36 bits per heavy atom. The summed E-state index contributed by atoms with van der Waals surface area (Å²) in [6.07, 6.45) is 4.15. The Morgan fingerprint density at radius 3 is 2.73 bits per heavy atom. The number of benzene rings is 1. The van der Waals surface area contributed by atoms with E-state index in [2.05, 4.69) is 15.3 Å². The molecule has 1 fully saturated rings. The molecule has 1 atom stereocenters. The maximum Gasteiger partial charge on any atom is 0.227 e. The molecule has 1 aliphatic rings. The minimum Gasteiger partial charge on any atom is -0.388 e. The van der Waals surface area contributed by atoms with Crippen LogP contribution in [0.15, 0.2) is 36.7 Å². The quantitative estimate of drug-likeness (QED) is 0.890. The molecule has 0 radical (unpaired) electrons. The van der Waals surface area contributed by atoms with E-state index in [-0.39, 0.29) is 12.3 Å². The average Bonchev–Trinajstić information content (AvgIpc) is 3.32. The summed E-state index contributed by atoms with van der Waals surface area (Å²) in [7, 11) is 0. The number of aliphatic hydroxyl groups excluding tert-OH is 1. The van der Waals surface area contributed by atoms with Crippen LogP contribution in [-0.4, -0.2) is 21.0 Å². The number of anilines is 1. The number of aliphatic hydroxyl groups is 1. The second-order valence-electron chi connectivity index (χ2n) is 5.43. The Hall–Kier alpha value is -2.34. The first-order valence-corrected chi connectivity index (χ1v) is 7.17. The zero-order valence-electron chi connectivity index (χ0n) is 11.9. The molecule has 114 valence electrons. The number of nitrogens with zero attached hydrogens (tertiary/aromatic N) is 2. The summed E-state index contributed by atoms with van der Waals surface area (Å²) in [6, 6.07) is 5.57. The number of hydrogen-bond donors (Lipinski definition) is 2. The van der Waals surface area contributed by atoms with Crippen molar-refractivity contribution in [2.75, 3.05) is 5.32 Å². The second-order valence-corrected chi connectivity index (χ2v) is 5.43. The highest BCUT2D eigenvalue weighted by molar-refractivity contribution is 5.90. The fourth-order valence-corrected chi connectivity index (χ4v) is 2.17. The number of carbonyl (C=O) groups is 1. The first kappa shape index (κ1) is 14.6. The molecule has 0 spiro atoms. The average molecular weight is 301 g/mol. The SMILES string of the molecule is O=C(CC(O)c1cccc(F)c1)Nc1cnc(C2CC2)nc1. The van der Waals surface area contributed by atoms with Gasteiger partial charge in [0.2, 0.25) is 5.91 Å². The molecular weight excluding hydrogens is 285 g/mol. The van der Waals surface area contributed by atoms with Crippen molar-refractivity contribution in [3.8, 4) is 0 Å². The molecule has 2 aromatic rings. The minimum atomic E-state index is -1.05. The highest BCUT2D eigenvalue weighted by Gasteiger charge is 2.26. The summed E-state index contributed by atoms with van der Waals surface area (Å²) in [5, 5.41) is 12.6. The predicted molar refractivity (Wildman–Crippen MR) is 78.6 cm³/mol. The molecule has 1 amide bonds. The summed E-state index contributed by atoms with van der Waals surface area (Å²) in [5.41, 5.74) is 0.858. The third-order valence-corrected chi connectivity index (χ3v) is 3.51. The molecule has 6 heteroatoms. The molecule has 1 aromatic carbocycles. The smallest absolute Gasteiger partial charge is 0.227 e. The molecule has 1 aromatic heterocycles. The Balaban J connectivity index is 1.57. The van der Waals surface area contributed by atoms with Crippen LogP contribution in [0.25, 0.3) is 0 Å². The fourth-order valence-electron chi connectivity index (χ4n) is 2.17. The maximum absolute atomic E-state index is 13.1. The first-order chi connectivity index (χ1) is 10.6. The van der Waals surface area contributed by atoms with Crippen molar-refractivity contribution >= 4 is 11.6 Å². The van der Waals surface area contributed by atoms with Crippen molar-refractivity contribution in [1.82, 2.24) is 9.97 Å². The van der Waals surface area contributed by atoms with E-state index in [0.29, 0.717) is 17.2 Å². The Labute approximate surface area is 127 Å². The van der Waals surface area contributed by atoms with Crippen LogP contribution in [0.3, 0.4) is 0 Å². The topological polar surface area (TPSA) is 75.1 Å². The van der Waals surface area contributed by atoms with Gasteiger partial charge in [-0.1, -0.05) is 12.1 Å². The third kappa shape index (κ3) is 3.65. The number of halogens is 1. The Kier molecular flexibility index (Phi) is 4.11. The van der Waals surface area contributed by atoms with Crippen molar-refractivity contribution in [3.05, 3.63) is 53.9 Å². The van der Waals surface area contributed by atoms with E-state index in [1.807, 2.05) is 0 Å². The van der Waals surface area contributed by atoms with Crippen LogP contribution >= 0.6 is 0 Å². The normalized spacial score (nSPS) is 15.4. The summed E-state index contributed by atoms with van der Waals surface area (Å²) < 4.78 is 13.1. The van der Waals surface area contributed by atoms with Gasteiger partial charge in [0.25, 0.3) is 0 Å². The lowest BCUT2D eigenvalue weighted by Gasteiger charge is -2.11. The van der Waals surface area contributed by atoms with Gasteiger partial charge >= 0.3 is 0 Å². The van der Waals surface area contributed by atoms with Crippen molar-refractivity contribution in [3.63, 3.8) is 0 Å². The van der Waals surface area contributed by atoms with Crippen molar-refractivity contribution in [2.24, 2.45) is 0 Å². The summed E-state index contributed by atoms with van der Waals surface area (Å²) in [6.45, 7) is 0. The van der Waals surface area contributed by atoms with Gasteiger partial charge in [-0.2, -0.15) is 0 Å². The number of amides is 1. The zero-order valence-corrected chi connectivity index (χ0v) is 11.9. The Morgan fingerprint density at radius 2 is 2.09 bits per heavy atom. The molecule has 1 saturated carbocycles. The zero-order chi connectivity index (χ0) is 15.5. The van der Waals surface area contributed by atoms with E-state index in [4.69, 9.17) is 0 Å². The van der Waals surface area contributed by atoms with E-state index in [0.717, 1.165) is 18.7 Å². The molecule has 2 N–H and O–H groups in total. The lowest BCUT2D eigenvalue weighted by atomic mass is 10.1. The highest BCUT2D eigenvalue weighted by Crippen LogP contribution is 2.37. The fraction of sp³-hybridized carbons (Fsp3) is 0.312. The van der Waals surface area contributed by atoms with Crippen LogP contribution < -0.4 is 5.32 Å². The van der Waals surface area contributed by atoms with E-state index < -0.39 is 11.9 Å². The molecule has 1 aliphatic carbocycles. The lowest BCUT2D eigenvalue weighted by molar-refractivity contribution is -0.118. The van der Waals surface area contributed by atoms with Gasteiger partial charge in [0.05, 0.1) is 30.6 Å². The molecule has 1 unspecified atom stereocenters. The molecule has 0 bridgehead atoms. The van der Waals surface area contributed by atoms with Crippen LogP contribution in [0.4, 0.5) is 10.1 Å². The molecule has 1 heterocycles. The van der Waals surface area contributed by atoms with E-state index >= 15 is 0 Å². The van der Waals surface area contributed by atoms with Crippen molar-refractivity contribution < 1.29 is 14.3 Å². The van der Waals surface area contributed by atoms with Crippen LogP contribution in [0, 0.1) is 5.82 Å². The molecular formula is C16H16FN3O2. The molecule has 0 saturated heterocycles. The third-order valence-electron chi connectivity index (χ3n) is 3.51. The maximum atomic E-state index is 13.1. The van der Waals surface area contributed by atoms with Gasteiger partial charge in [-0.25, -0.2) is 14.4 Å². The predicted octanol–water partition coefficient (Wildman–Crippen LogP) is 2.56. The van der Waals surface area contributed by atoms with Crippen LogP contribution in [0.1, 0.15) is 42.7 Å². The second kappa shape index (κ2) is 6.19. The largest absolute Gasteiger partial charge is 0.388 e.